The van der Waals surface area contributed by atoms with Crippen molar-refractivity contribution in [2.75, 3.05) is 14.2 Å². The lowest BCUT2D eigenvalue weighted by atomic mass is 9.78. The maximum Gasteiger partial charge on any atom is 0.258 e. The second kappa shape index (κ2) is 4.12. The van der Waals surface area contributed by atoms with E-state index in [-0.39, 0.29) is 5.91 Å². The molecule has 1 aliphatic rings. The van der Waals surface area contributed by atoms with Crippen LogP contribution in [0.15, 0.2) is 23.3 Å². The van der Waals surface area contributed by atoms with Crippen molar-refractivity contribution in [3.8, 4) is 5.75 Å². The molecule has 4 nitrogen and oxygen atoms in total. The average Bonchev–Trinajstić information content (AvgIpc) is 2.54. The molecular weight excluding hydrogens is 228 g/mol. The van der Waals surface area contributed by atoms with E-state index in [0.29, 0.717) is 0 Å². The van der Waals surface area contributed by atoms with Crippen molar-refractivity contribution >= 4 is 11.6 Å². The van der Waals surface area contributed by atoms with Gasteiger partial charge in [-0.1, -0.05) is 12.1 Å². The van der Waals surface area contributed by atoms with Crippen LogP contribution in [-0.2, 0) is 10.2 Å². The van der Waals surface area contributed by atoms with Gasteiger partial charge in [-0.05, 0) is 38.0 Å². The molecule has 0 radical (unpaired) electrons. The number of carbonyl (C=O) groups excluding carboxylic acids is 1. The minimum absolute atomic E-state index is 0.00423. The topological polar surface area (TPSA) is 41.9 Å². The Balaban J connectivity index is 2.52. The Hall–Kier alpha value is -1.84. The van der Waals surface area contributed by atoms with Gasteiger partial charge in [0, 0.05) is 7.05 Å². The number of hydrazone groups is 1. The van der Waals surface area contributed by atoms with Gasteiger partial charge in [-0.25, -0.2) is 5.01 Å². The molecule has 0 fully saturated rings. The molecule has 1 aromatic rings. The summed E-state index contributed by atoms with van der Waals surface area (Å²) >= 11 is 0. The van der Waals surface area contributed by atoms with Gasteiger partial charge in [-0.15, -0.1) is 0 Å². The van der Waals surface area contributed by atoms with Gasteiger partial charge in [0.25, 0.3) is 5.91 Å². The molecule has 4 heteroatoms. The van der Waals surface area contributed by atoms with Crippen molar-refractivity contribution in [2.24, 2.45) is 5.10 Å². The molecule has 1 aliphatic heterocycles. The van der Waals surface area contributed by atoms with E-state index in [9.17, 15) is 4.79 Å². The fourth-order valence-electron chi connectivity index (χ4n) is 2.37. The normalized spacial score (nSPS) is 23.3. The van der Waals surface area contributed by atoms with Crippen LogP contribution >= 0.6 is 0 Å². The maximum absolute atomic E-state index is 12.3. The molecule has 0 saturated heterocycles. The summed E-state index contributed by atoms with van der Waals surface area (Å²) in [5.74, 6) is 0.834. The number of aryl methyl sites for hydroxylation is 1. The Bertz CT molecular complexity index is 537. The van der Waals surface area contributed by atoms with E-state index in [1.54, 1.807) is 14.2 Å². The Morgan fingerprint density at radius 1 is 1.33 bits per heavy atom. The minimum atomic E-state index is -0.661. The first-order valence-electron chi connectivity index (χ1n) is 5.90. The van der Waals surface area contributed by atoms with Crippen LogP contribution in [0.5, 0.6) is 5.75 Å². The van der Waals surface area contributed by atoms with Gasteiger partial charge in [0.05, 0.1) is 12.8 Å². The number of amides is 1. The average molecular weight is 246 g/mol. The van der Waals surface area contributed by atoms with E-state index in [1.165, 1.54) is 5.01 Å². The molecule has 0 saturated carbocycles. The lowest BCUT2D eigenvalue weighted by molar-refractivity contribution is -0.131. The summed E-state index contributed by atoms with van der Waals surface area (Å²) < 4.78 is 5.24. The molecule has 96 valence electrons. The molecule has 0 spiro atoms. The molecule has 2 rings (SSSR count). The summed E-state index contributed by atoms with van der Waals surface area (Å²) in [4.78, 5) is 12.3. The minimum Gasteiger partial charge on any atom is -0.496 e. The van der Waals surface area contributed by atoms with Crippen molar-refractivity contribution in [2.45, 2.75) is 26.2 Å². The van der Waals surface area contributed by atoms with Crippen molar-refractivity contribution in [1.29, 1.82) is 0 Å². The Morgan fingerprint density at radius 3 is 2.44 bits per heavy atom. The standard InChI is InChI=1S/C14H18N2O2/c1-9-8-11(6-7-12(9)18-5)14(3)10(2)15-16(4)13(14)17/h6-8H,1-5H3. The zero-order chi connectivity index (χ0) is 13.5. The van der Waals surface area contributed by atoms with E-state index >= 15 is 0 Å². The van der Waals surface area contributed by atoms with E-state index in [2.05, 4.69) is 5.10 Å². The van der Waals surface area contributed by atoms with Crippen molar-refractivity contribution < 1.29 is 9.53 Å². The number of likely N-dealkylation sites (N-methyl/N-ethyl adjacent to an activating group) is 1. The van der Waals surface area contributed by atoms with E-state index in [0.717, 1.165) is 22.6 Å². The van der Waals surface area contributed by atoms with Crippen LogP contribution in [0.1, 0.15) is 25.0 Å². The summed E-state index contributed by atoms with van der Waals surface area (Å²) in [6.45, 7) is 5.78. The number of benzene rings is 1. The summed E-state index contributed by atoms with van der Waals surface area (Å²) in [7, 11) is 3.33. The van der Waals surface area contributed by atoms with Crippen LogP contribution in [0.25, 0.3) is 0 Å². The second-order valence-corrected chi connectivity index (χ2v) is 4.82. The first-order valence-corrected chi connectivity index (χ1v) is 5.90. The third-order valence-corrected chi connectivity index (χ3v) is 3.72. The maximum atomic E-state index is 12.3. The highest BCUT2D eigenvalue weighted by Crippen LogP contribution is 2.34. The van der Waals surface area contributed by atoms with E-state index < -0.39 is 5.41 Å². The fourth-order valence-corrected chi connectivity index (χ4v) is 2.37. The molecule has 0 aliphatic carbocycles. The van der Waals surface area contributed by atoms with Crippen molar-refractivity contribution in [3.63, 3.8) is 0 Å². The van der Waals surface area contributed by atoms with Gasteiger partial charge in [0.15, 0.2) is 0 Å². The third-order valence-electron chi connectivity index (χ3n) is 3.72. The van der Waals surface area contributed by atoms with Crippen LogP contribution in [0.2, 0.25) is 0 Å². The smallest absolute Gasteiger partial charge is 0.258 e. The Kier molecular flexibility index (Phi) is 2.89. The molecular formula is C14H18N2O2. The summed E-state index contributed by atoms with van der Waals surface area (Å²) in [5.41, 5.74) is 2.13. The van der Waals surface area contributed by atoms with E-state index in [4.69, 9.17) is 4.74 Å². The number of hydrogen-bond acceptors (Lipinski definition) is 3. The Morgan fingerprint density at radius 2 is 2.00 bits per heavy atom. The first kappa shape index (κ1) is 12.6. The largest absolute Gasteiger partial charge is 0.496 e. The lowest BCUT2D eigenvalue weighted by Gasteiger charge is -2.24. The molecule has 1 atom stereocenters. The molecule has 0 bridgehead atoms. The Labute approximate surface area is 107 Å². The van der Waals surface area contributed by atoms with Gasteiger partial charge < -0.3 is 4.74 Å². The molecule has 1 aromatic carbocycles. The first-order chi connectivity index (χ1) is 8.41. The van der Waals surface area contributed by atoms with Gasteiger partial charge in [-0.2, -0.15) is 5.10 Å². The summed E-state index contributed by atoms with van der Waals surface area (Å²) in [6.07, 6.45) is 0. The number of methoxy groups -OCH3 is 1. The SMILES string of the molecule is COc1ccc(C2(C)C(=O)N(C)N=C2C)cc1C. The third kappa shape index (κ3) is 1.60. The highest BCUT2D eigenvalue weighted by atomic mass is 16.5. The summed E-state index contributed by atoms with van der Waals surface area (Å²) in [5, 5.41) is 5.65. The number of rotatable bonds is 2. The molecule has 0 N–H and O–H groups in total. The van der Waals surface area contributed by atoms with Crippen LogP contribution in [0.4, 0.5) is 0 Å². The zero-order valence-corrected chi connectivity index (χ0v) is 11.4. The lowest BCUT2D eigenvalue weighted by Crippen LogP contribution is -2.39. The number of carbonyl (C=O) groups is 1. The molecule has 18 heavy (non-hydrogen) atoms. The van der Waals surface area contributed by atoms with Crippen LogP contribution in [-0.4, -0.2) is 30.8 Å². The number of ether oxygens (including phenoxy) is 1. The summed E-state index contributed by atoms with van der Waals surface area (Å²) in [6, 6.07) is 5.83. The second-order valence-electron chi connectivity index (χ2n) is 4.82. The fraction of sp³-hybridized carbons (Fsp3) is 0.429. The number of nitrogens with zero attached hydrogens (tertiary/aromatic N) is 2. The zero-order valence-electron chi connectivity index (χ0n) is 11.4. The van der Waals surface area contributed by atoms with Crippen molar-refractivity contribution in [3.05, 3.63) is 29.3 Å². The van der Waals surface area contributed by atoms with E-state index in [1.807, 2.05) is 39.0 Å². The van der Waals surface area contributed by atoms with Crippen molar-refractivity contribution in [1.82, 2.24) is 5.01 Å². The van der Waals surface area contributed by atoms with Crippen LogP contribution in [0, 0.1) is 6.92 Å². The molecule has 0 aromatic heterocycles. The predicted molar refractivity (Wildman–Crippen MR) is 71.0 cm³/mol. The van der Waals surface area contributed by atoms with Gasteiger partial charge in [0.2, 0.25) is 0 Å². The quantitative estimate of drug-likeness (QED) is 0.802. The highest BCUT2D eigenvalue weighted by Gasteiger charge is 2.45. The molecule has 1 heterocycles. The van der Waals surface area contributed by atoms with Gasteiger partial charge in [0.1, 0.15) is 11.2 Å². The van der Waals surface area contributed by atoms with Crippen LogP contribution in [0.3, 0.4) is 0 Å². The number of hydrogen-bond donors (Lipinski definition) is 0. The monoisotopic (exact) mass is 246 g/mol. The van der Waals surface area contributed by atoms with Gasteiger partial charge >= 0.3 is 0 Å². The highest BCUT2D eigenvalue weighted by molar-refractivity contribution is 6.16. The molecule has 1 amide bonds. The molecule has 1 unspecified atom stereocenters. The van der Waals surface area contributed by atoms with Gasteiger partial charge in [-0.3, -0.25) is 4.79 Å². The predicted octanol–water partition coefficient (Wildman–Crippen LogP) is 2.11. The van der Waals surface area contributed by atoms with Crippen LogP contribution < -0.4 is 4.74 Å².